The van der Waals surface area contributed by atoms with Crippen LogP contribution in [0.1, 0.15) is 5.56 Å². The second kappa shape index (κ2) is 5.10. The van der Waals surface area contributed by atoms with Gasteiger partial charge in [-0.05, 0) is 28.9 Å². The minimum absolute atomic E-state index is 0.799. The summed E-state index contributed by atoms with van der Waals surface area (Å²) in [4.78, 5) is 9.29. The van der Waals surface area contributed by atoms with Crippen molar-refractivity contribution in [2.24, 2.45) is 0 Å². The zero-order chi connectivity index (χ0) is 11.4. The van der Waals surface area contributed by atoms with E-state index in [0.29, 0.717) is 0 Å². The molecule has 0 fully saturated rings. The Kier molecular flexibility index (Phi) is 3.54. The Hall–Kier alpha value is -1.38. The van der Waals surface area contributed by atoms with Crippen LogP contribution in [0.4, 0.5) is 0 Å². The number of rotatable bonds is 3. The molecule has 0 atom stereocenters. The third-order valence-corrected chi connectivity index (χ3v) is 3.36. The first-order valence-electron chi connectivity index (χ1n) is 5.43. The summed E-state index contributed by atoms with van der Waals surface area (Å²) in [6, 6.07) is 15.5. The van der Waals surface area contributed by atoms with Gasteiger partial charge in [-0.3, -0.25) is 0 Å². The molecule has 1 nitrogen and oxygen atoms in total. The standard InChI is InChI=1S/C14H15OSi/c1-16(15)11-5-9-13-8-4-7-12-6-2-3-10-14(12)13/h2-10,15H,11H2,1H3. The molecular formula is C14H15OSi. The Bertz CT molecular complexity index is 498. The van der Waals surface area contributed by atoms with Crippen LogP contribution < -0.4 is 0 Å². The monoisotopic (exact) mass is 227 g/mol. The van der Waals surface area contributed by atoms with Gasteiger partial charge < -0.3 is 4.80 Å². The quantitative estimate of drug-likeness (QED) is 0.796. The van der Waals surface area contributed by atoms with Crippen LogP contribution >= 0.6 is 0 Å². The van der Waals surface area contributed by atoms with E-state index in [-0.39, 0.29) is 0 Å². The zero-order valence-corrected chi connectivity index (χ0v) is 10.4. The Labute approximate surface area is 97.8 Å². The van der Waals surface area contributed by atoms with E-state index in [9.17, 15) is 4.80 Å². The molecule has 0 aliphatic carbocycles. The van der Waals surface area contributed by atoms with Gasteiger partial charge >= 0.3 is 0 Å². The normalized spacial score (nSPS) is 11.7. The van der Waals surface area contributed by atoms with Gasteiger partial charge in [0, 0.05) is 0 Å². The molecule has 16 heavy (non-hydrogen) atoms. The smallest absolute Gasteiger partial charge is 0.207 e. The highest BCUT2D eigenvalue weighted by Gasteiger charge is 1.97. The van der Waals surface area contributed by atoms with Gasteiger partial charge in [0.25, 0.3) is 0 Å². The number of benzene rings is 2. The van der Waals surface area contributed by atoms with Gasteiger partial charge in [-0.15, -0.1) is 0 Å². The molecule has 2 aromatic carbocycles. The lowest BCUT2D eigenvalue weighted by Crippen LogP contribution is -2.01. The molecule has 2 aromatic rings. The Morgan fingerprint density at radius 2 is 1.88 bits per heavy atom. The van der Waals surface area contributed by atoms with Crippen molar-refractivity contribution in [2.75, 3.05) is 0 Å². The molecule has 2 rings (SSSR count). The highest BCUT2D eigenvalue weighted by molar-refractivity contribution is 6.49. The van der Waals surface area contributed by atoms with Crippen LogP contribution in [0.5, 0.6) is 0 Å². The number of fused-ring (bicyclic) bond motifs is 1. The van der Waals surface area contributed by atoms with E-state index >= 15 is 0 Å². The van der Waals surface area contributed by atoms with Crippen LogP contribution in [-0.4, -0.2) is 13.8 Å². The molecule has 1 radical (unpaired) electrons. The maximum atomic E-state index is 9.29. The van der Waals surface area contributed by atoms with Crippen molar-refractivity contribution in [3.05, 3.63) is 54.1 Å². The van der Waals surface area contributed by atoms with Crippen LogP contribution in [0.3, 0.4) is 0 Å². The Morgan fingerprint density at radius 3 is 2.69 bits per heavy atom. The molecular weight excluding hydrogens is 212 g/mol. The van der Waals surface area contributed by atoms with Gasteiger partial charge in [0.15, 0.2) is 0 Å². The van der Waals surface area contributed by atoms with Crippen LogP contribution in [0.2, 0.25) is 12.6 Å². The second-order valence-electron chi connectivity index (χ2n) is 3.91. The number of hydrogen-bond acceptors (Lipinski definition) is 1. The summed E-state index contributed by atoms with van der Waals surface area (Å²) in [5, 5.41) is 2.53. The third kappa shape index (κ3) is 2.59. The third-order valence-electron chi connectivity index (χ3n) is 2.53. The maximum absolute atomic E-state index is 9.29. The molecule has 81 valence electrons. The molecule has 0 bridgehead atoms. The minimum Gasteiger partial charge on any atom is -0.431 e. The van der Waals surface area contributed by atoms with E-state index in [1.165, 1.54) is 16.3 Å². The van der Waals surface area contributed by atoms with Gasteiger partial charge in [-0.2, -0.15) is 0 Å². The summed E-state index contributed by atoms with van der Waals surface area (Å²) in [5.74, 6) is 0. The summed E-state index contributed by atoms with van der Waals surface area (Å²) < 4.78 is 0. The Morgan fingerprint density at radius 1 is 1.12 bits per heavy atom. The van der Waals surface area contributed by atoms with Crippen molar-refractivity contribution in [1.29, 1.82) is 0 Å². The van der Waals surface area contributed by atoms with Gasteiger partial charge in [-0.1, -0.05) is 54.6 Å². The van der Waals surface area contributed by atoms with Gasteiger partial charge in [-0.25, -0.2) is 0 Å². The highest BCUT2D eigenvalue weighted by Crippen LogP contribution is 2.19. The molecule has 0 unspecified atom stereocenters. The lowest BCUT2D eigenvalue weighted by Gasteiger charge is -2.01. The minimum atomic E-state index is -1.14. The number of hydrogen-bond donors (Lipinski definition) is 1. The van der Waals surface area contributed by atoms with Crippen molar-refractivity contribution in [1.82, 2.24) is 0 Å². The predicted octanol–water partition coefficient (Wildman–Crippen LogP) is 3.47. The fraction of sp³-hybridized carbons (Fsp3) is 0.143. The SMILES string of the molecule is C[Si](O)CC=Cc1cccc2ccccc12. The molecule has 0 aliphatic heterocycles. The largest absolute Gasteiger partial charge is 0.431 e. The summed E-state index contributed by atoms with van der Waals surface area (Å²) in [5.41, 5.74) is 1.22. The van der Waals surface area contributed by atoms with Crippen LogP contribution in [0.25, 0.3) is 16.8 Å². The fourth-order valence-corrected chi connectivity index (χ4v) is 2.21. The molecule has 0 aliphatic rings. The molecule has 0 heterocycles. The predicted molar refractivity (Wildman–Crippen MR) is 71.6 cm³/mol. The van der Waals surface area contributed by atoms with Crippen molar-refractivity contribution in [3.8, 4) is 0 Å². The van der Waals surface area contributed by atoms with E-state index in [4.69, 9.17) is 0 Å². The maximum Gasteiger partial charge on any atom is 0.207 e. The first-order chi connectivity index (χ1) is 7.77. The lowest BCUT2D eigenvalue weighted by atomic mass is 10.0. The van der Waals surface area contributed by atoms with E-state index in [2.05, 4.69) is 54.6 Å². The zero-order valence-electron chi connectivity index (χ0n) is 9.35. The van der Waals surface area contributed by atoms with E-state index in [1.807, 2.05) is 6.55 Å². The molecule has 0 saturated carbocycles. The van der Waals surface area contributed by atoms with Crippen molar-refractivity contribution in [3.63, 3.8) is 0 Å². The summed E-state index contributed by atoms with van der Waals surface area (Å²) in [6.07, 6.45) is 4.17. The molecule has 0 spiro atoms. The molecule has 0 aromatic heterocycles. The average Bonchev–Trinajstić information content (AvgIpc) is 2.29. The van der Waals surface area contributed by atoms with Crippen molar-refractivity contribution in [2.45, 2.75) is 12.6 Å². The highest BCUT2D eigenvalue weighted by atomic mass is 28.3. The average molecular weight is 227 g/mol. The molecule has 0 amide bonds. The van der Waals surface area contributed by atoms with Crippen LogP contribution in [-0.2, 0) is 0 Å². The fourth-order valence-electron chi connectivity index (χ4n) is 1.75. The van der Waals surface area contributed by atoms with Gasteiger partial charge in [0.2, 0.25) is 9.04 Å². The van der Waals surface area contributed by atoms with Crippen LogP contribution in [0, 0.1) is 0 Å². The van der Waals surface area contributed by atoms with Crippen molar-refractivity contribution >= 4 is 25.9 Å². The van der Waals surface area contributed by atoms with Crippen molar-refractivity contribution < 1.29 is 4.80 Å². The summed E-state index contributed by atoms with van der Waals surface area (Å²) in [7, 11) is -1.14. The first-order valence-corrected chi connectivity index (χ1v) is 7.58. The Balaban J connectivity index is 2.34. The van der Waals surface area contributed by atoms with E-state index in [0.717, 1.165) is 6.04 Å². The molecule has 1 N–H and O–H groups in total. The second-order valence-corrected chi connectivity index (χ2v) is 5.79. The molecule has 2 heteroatoms. The van der Waals surface area contributed by atoms with Gasteiger partial charge in [0.05, 0.1) is 0 Å². The van der Waals surface area contributed by atoms with E-state index in [1.54, 1.807) is 0 Å². The lowest BCUT2D eigenvalue weighted by molar-refractivity contribution is 0.582. The van der Waals surface area contributed by atoms with Crippen LogP contribution in [0.15, 0.2) is 48.5 Å². The van der Waals surface area contributed by atoms with E-state index < -0.39 is 9.04 Å². The van der Waals surface area contributed by atoms with Gasteiger partial charge in [0.1, 0.15) is 0 Å². The molecule has 0 saturated heterocycles. The summed E-state index contributed by atoms with van der Waals surface area (Å²) in [6.45, 7) is 1.90. The topological polar surface area (TPSA) is 20.2 Å². The first kappa shape index (κ1) is 11.1. The number of allylic oxidation sites excluding steroid dienone is 1. The summed E-state index contributed by atoms with van der Waals surface area (Å²) >= 11 is 0.